The molecule has 1 fully saturated rings. The van der Waals surface area contributed by atoms with Crippen LogP contribution in [0.3, 0.4) is 0 Å². The van der Waals surface area contributed by atoms with Crippen molar-refractivity contribution < 1.29 is 18.3 Å². The standard InChI is InChI=1S/C16H27F2N5O2/c1-19-16(22-11-14-20-6-7-23(14)15(17)18)21-5-2-8-25-12-13-3-9-24-10-4-13/h6-7,13,15H,2-5,8-12H2,1H3,(H2,19,21,22). The first kappa shape index (κ1) is 19.6. The molecule has 0 atom stereocenters. The van der Waals surface area contributed by atoms with Crippen LogP contribution in [0.2, 0.25) is 0 Å². The molecule has 142 valence electrons. The van der Waals surface area contributed by atoms with Gasteiger partial charge < -0.3 is 20.1 Å². The van der Waals surface area contributed by atoms with E-state index >= 15 is 0 Å². The molecule has 2 N–H and O–H groups in total. The molecule has 25 heavy (non-hydrogen) atoms. The van der Waals surface area contributed by atoms with E-state index in [1.807, 2.05) is 0 Å². The van der Waals surface area contributed by atoms with Crippen molar-refractivity contribution >= 4 is 5.96 Å². The molecule has 0 amide bonds. The summed E-state index contributed by atoms with van der Waals surface area (Å²) in [6, 6.07) is 0. The molecule has 1 saturated heterocycles. The van der Waals surface area contributed by atoms with Crippen molar-refractivity contribution in [3.8, 4) is 0 Å². The third-order valence-corrected chi connectivity index (χ3v) is 4.05. The predicted octanol–water partition coefficient (Wildman–Crippen LogP) is 1.78. The summed E-state index contributed by atoms with van der Waals surface area (Å²) in [6.07, 6.45) is 5.60. The minimum absolute atomic E-state index is 0.178. The van der Waals surface area contributed by atoms with Crippen molar-refractivity contribution in [3.63, 3.8) is 0 Å². The highest BCUT2D eigenvalue weighted by Gasteiger charge is 2.13. The number of halogens is 2. The predicted molar refractivity (Wildman–Crippen MR) is 90.7 cm³/mol. The van der Waals surface area contributed by atoms with E-state index in [0.717, 1.165) is 43.7 Å². The largest absolute Gasteiger partial charge is 0.381 e. The molecule has 0 spiro atoms. The van der Waals surface area contributed by atoms with Gasteiger partial charge in [0.25, 0.3) is 0 Å². The lowest BCUT2D eigenvalue weighted by Crippen LogP contribution is -2.38. The summed E-state index contributed by atoms with van der Waals surface area (Å²) in [5, 5.41) is 6.11. The summed E-state index contributed by atoms with van der Waals surface area (Å²) >= 11 is 0. The Morgan fingerprint density at radius 3 is 2.96 bits per heavy atom. The summed E-state index contributed by atoms with van der Waals surface area (Å²) in [5.74, 6) is 1.42. The van der Waals surface area contributed by atoms with Gasteiger partial charge in [0.05, 0.1) is 6.54 Å². The van der Waals surface area contributed by atoms with Gasteiger partial charge in [-0.1, -0.05) is 0 Å². The summed E-state index contributed by atoms with van der Waals surface area (Å²) < 4.78 is 37.3. The Kier molecular flexibility index (Phi) is 8.61. The minimum atomic E-state index is -2.60. The third kappa shape index (κ3) is 6.95. The number of hydrogen-bond acceptors (Lipinski definition) is 4. The van der Waals surface area contributed by atoms with Gasteiger partial charge in [0.15, 0.2) is 5.96 Å². The molecule has 1 aromatic heterocycles. The van der Waals surface area contributed by atoms with Crippen molar-refractivity contribution in [3.05, 3.63) is 18.2 Å². The van der Waals surface area contributed by atoms with Gasteiger partial charge in [-0.2, -0.15) is 8.78 Å². The van der Waals surface area contributed by atoms with Gasteiger partial charge in [-0.3, -0.25) is 9.56 Å². The van der Waals surface area contributed by atoms with E-state index in [0.29, 0.717) is 25.0 Å². The second kappa shape index (κ2) is 11.0. The van der Waals surface area contributed by atoms with Crippen LogP contribution in [0.5, 0.6) is 0 Å². The number of aliphatic imine (C=N–C) groups is 1. The number of guanidine groups is 1. The Hall–Kier alpha value is -1.74. The van der Waals surface area contributed by atoms with Crippen molar-refractivity contribution in [1.82, 2.24) is 20.2 Å². The third-order valence-electron chi connectivity index (χ3n) is 4.05. The van der Waals surface area contributed by atoms with Crippen molar-refractivity contribution in [2.75, 3.05) is 40.0 Å². The fraction of sp³-hybridized carbons (Fsp3) is 0.750. The summed E-state index contributed by atoms with van der Waals surface area (Å²) in [7, 11) is 1.64. The van der Waals surface area contributed by atoms with Crippen LogP contribution in [0.4, 0.5) is 8.78 Å². The van der Waals surface area contributed by atoms with E-state index in [4.69, 9.17) is 9.47 Å². The first-order valence-corrected chi connectivity index (χ1v) is 8.60. The van der Waals surface area contributed by atoms with E-state index in [1.54, 1.807) is 7.05 Å². The van der Waals surface area contributed by atoms with Gasteiger partial charge in [0.1, 0.15) is 5.82 Å². The van der Waals surface area contributed by atoms with E-state index < -0.39 is 6.55 Å². The van der Waals surface area contributed by atoms with Gasteiger partial charge in [0.2, 0.25) is 0 Å². The molecule has 7 nitrogen and oxygen atoms in total. The number of hydrogen-bond donors (Lipinski definition) is 2. The molecule has 0 aliphatic carbocycles. The van der Waals surface area contributed by atoms with Gasteiger partial charge >= 0.3 is 6.55 Å². The smallest absolute Gasteiger partial charge is 0.319 e. The minimum Gasteiger partial charge on any atom is -0.381 e. The molecular weight excluding hydrogens is 332 g/mol. The summed E-state index contributed by atoms with van der Waals surface area (Å²) in [6.45, 7) is 1.41. The zero-order valence-corrected chi connectivity index (χ0v) is 14.6. The van der Waals surface area contributed by atoms with Crippen LogP contribution in [0, 0.1) is 5.92 Å². The fourth-order valence-corrected chi connectivity index (χ4v) is 2.59. The Bertz CT molecular complexity index is 518. The maximum Gasteiger partial charge on any atom is 0.319 e. The first-order valence-electron chi connectivity index (χ1n) is 8.60. The molecule has 1 aliphatic rings. The SMILES string of the molecule is CN=C(NCCCOCC1CCOCC1)NCc1nccn1C(F)F. The quantitative estimate of drug-likeness (QED) is 0.399. The molecule has 0 unspecified atom stereocenters. The zero-order chi connectivity index (χ0) is 17.9. The molecule has 0 radical (unpaired) electrons. The van der Waals surface area contributed by atoms with Gasteiger partial charge in [-0.05, 0) is 25.2 Å². The van der Waals surface area contributed by atoms with Crippen molar-refractivity contribution in [1.29, 1.82) is 0 Å². The van der Waals surface area contributed by atoms with Crippen LogP contribution in [-0.4, -0.2) is 55.5 Å². The average Bonchev–Trinajstić information content (AvgIpc) is 3.10. The number of ether oxygens (including phenoxy) is 2. The lowest BCUT2D eigenvalue weighted by atomic mass is 10.0. The molecule has 0 aromatic carbocycles. The maximum absolute atomic E-state index is 12.8. The highest BCUT2D eigenvalue weighted by Crippen LogP contribution is 2.14. The van der Waals surface area contributed by atoms with Crippen LogP contribution < -0.4 is 10.6 Å². The van der Waals surface area contributed by atoms with E-state index in [-0.39, 0.29) is 12.4 Å². The second-order valence-corrected chi connectivity index (χ2v) is 5.87. The number of aromatic nitrogens is 2. The molecular formula is C16H27F2N5O2. The first-order chi connectivity index (χ1) is 12.2. The molecule has 9 heteroatoms. The van der Waals surface area contributed by atoms with Gasteiger partial charge in [-0.15, -0.1) is 0 Å². The molecule has 2 heterocycles. The Morgan fingerprint density at radius 2 is 2.24 bits per heavy atom. The van der Waals surface area contributed by atoms with Crippen molar-refractivity contribution in [2.24, 2.45) is 10.9 Å². The highest BCUT2D eigenvalue weighted by atomic mass is 19.3. The number of imidazole rings is 1. The van der Waals surface area contributed by atoms with Crippen LogP contribution in [0.1, 0.15) is 31.6 Å². The van der Waals surface area contributed by atoms with Gasteiger partial charge in [0, 0.05) is 52.4 Å². The molecule has 1 aromatic rings. The normalized spacial score (nSPS) is 16.4. The second-order valence-electron chi connectivity index (χ2n) is 5.87. The lowest BCUT2D eigenvalue weighted by Gasteiger charge is -2.21. The van der Waals surface area contributed by atoms with Crippen LogP contribution in [-0.2, 0) is 16.0 Å². The maximum atomic E-state index is 12.8. The van der Waals surface area contributed by atoms with Crippen LogP contribution >= 0.6 is 0 Å². The monoisotopic (exact) mass is 359 g/mol. The van der Waals surface area contributed by atoms with E-state index in [9.17, 15) is 8.78 Å². The summed E-state index contributed by atoms with van der Waals surface area (Å²) in [4.78, 5) is 7.99. The molecule has 1 aliphatic heterocycles. The Balaban J connectivity index is 1.56. The fourth-order valence-electron chi connectivity index (χ4n) is 2.59. The summed E-state index contributed by atoms with van der Waals surface area (Å²) in [5.41, 5.74) is 0. The lowest BCUT2D eigenvalue weighted by molar-refractivity contribution is 0.0203. The van der Waals surface area contributed by atoms with Crippen LogP contribution in [0.25, 0.3) is 0 Å². The molecule has 0 saturated carbocycles. The van der Waals surface area contributed by atoms with Crippen molar-refractivity contribution in [2.45, 2.75) is 32.4 Å². The Labute approximate surface area is 146 Å². The highest BCUT2D eigenvalue weighted by molar-refractivity contribution is 5.79. The molecule has 2 rings (SSSR count). The number of rotatable bonds is 9. The topological polar surface area (TPSA) is 72.7 Å². The van der Waals surface area contributed by atoms with Gasteiger partial charge in [-0.25, -0.2) is 4.98 Å². The number of nitrogens with one attached hydrogen (secondary N) is 2. The zero-order valence-electron chi connectivity index (χ0n) is 14.6. The number of nitrogens with zero attached hydrogens (tertiary/aromatic N) is 3. The van der Waals surface area contributed by atoms with E-state index in [1.165, 1.54) is 12.4 Å². The molecule has 0 bridgehead atoms. The Morgan fingerprint density at radius 1 is 1.44 bits per heavy atom. The average molecular weight is 359 g/mol. The number of alkyl halides is 2. The van der Waals surface area contributed by atoms with E-state index in [2.05, 4.69) is 20.6 Å². The van der Waals surface area contributed by atoms with Crippen LogP contribution in [0.15, 0.2) is 17.4 Å².